The fraction of sp³-hybridized carbons (Fsp3) is 0.111. The lowest BCUT2D eigenvalue weighted by Gasteiger charge is -2.11. The number of nitrogens with one attached hydrogen (secondary N) is 2. The van der Waals surface area contributed by atoms with Crippen molar-refractivity contribution in [1.82, 2.24) is 9.78 Å². The molecule has 0 unspecified atom stereocenters. The first-order valence-corrected chi connectivity index (χ1v) is 8.02. The second-order valence-electron chi connectivity index (χ2n) is 5.81. The Morgan fingerprint density at radius 1 is 0.793 bits per heavy atom. The van der Waals surface area contributed by atoms with Crippen molar-refractivity contribution in [1.29, 1.82) is 0 Å². The minimum atomic E-state index is -5.04. The van der Waals surface area contributed by atoms with E-state index in [0.717, 1.165) is 12.1 Å². The smallest absolute Gasteiger partial charge is 0.308 e. The molecule has 0 aliphatic heterocycles. The van der Waals surface area contributed by atoms with Crippen molar-refractivity contribution in [3.8, 4) is 5.69 Å². The molecule has 2 aromatic carbocycles. The van der Waals surface area contributed by atoms with Crippen LogP contribution in [0, 0.1) is 0 Å². The fourth-order valence-electron chi connectivity index (χ4n) is 2.42. The molecule has 1 aromatic heterocycles. The number of carbonyl (C=O) groups is 1. The molecule has 0 aliphatic carbocycles. The van der Waals surface area contributed by atoms with Crippen LogP contribution in [0.2, 0.25) is 0 Å². The first kappa shape index (κ1) is 20.2. The van der Waals surface area contributed by atoms with Gasteiger partial charge in [-0.3, -0.25) is 0 Å². The second kappa shape index (κ2) is 7.49. The second-order valence-corrected chi connectivity index (χ2v) is 5.81. The number of hydrogen-bond acceptors (Lipinski definition) is 2. The SMILES string of the molecule is O=C(Nc1ccccc1)Nc1ccc(-n2nc(C(F)(F)F)cc2C(F)(F)F)cc1. The number of carbonyl (C=O) groups excluding carboxylic acids is 1. The molecule has 0 bridgehead atoms. The summed E-state index contributed by atoms with van der Waals surface area (Å²) in [6.45, 7) is 0. The third-order valence-electron chi connectivity index (χ3n) is 3.69. The Labute approximate surface area is 160 Å². The van der Waals surface area contributed by atoms with E-state index in [1.54, 1.807) is 30.3 Å². The van der Waals surface area contributed by atoms with Crippen LogP contribution < -0.4 is 10.6 Å². The molecule has 5 nitrogen and oxygen atoms in total. The van der Waals surface area contributed by atoms with Gasteiger partial charge in [0.05, 0.1) is 5.69 Å². The van der Waals surface area contributed by atoms with Crippen molar-refractivity contribution >= 4 is 17.4 Å². The number of halogens is 6. The Morgan fingerprint density at radius 3 is 1.86 bits per heavy atom. The summed E-state index contributed by atoms with van der Waals surface area (Å²) in [5.41, 5.74) is -2.73. The number of amides is 2. The van der Waals surface area contributed by atoms with E-state index < -0.39 is 29.8 Å². The van der Waals surface area contributed by atoms with Crippen LogP contribution in [-0.4, -0.2) is 15.8 Å². The largest absolute Gasteiger partial charge is 0.435 e. The van der Waals surface area contributed by atoms with E-state index in [2.05, 4.69) is 15.7 Å². The highest BCUT2D eigenvalue weighted by Crippen LogP contribution is 2.36. The number of para-hydroxylation sites is 1. The summed E-state index contributed by atoms with van der Waals surface area (Å²) in [5, 5.41) is 8.04. The Kier molecular flexibility index (Phi) is 5.23. The van der Waals surface area contributed by atoms with Crippen molar-refractivity contribution in [3.63, 3.8) is 0 Å². The molecule has 0 atom stereocenters. The van der Waals surface area contributed by atoms with Crippen LogP contribution in [-0.2, 0) is 12.4 Å². The van der Waals surface area contributed by atoms with Crippen molar-refractivity contribution in [2.24, 2.45) is 0 Å². The highest BCUT2D eigenvalue weighted by Gasteiger charge is 2.42. The molecule has 0 fully saturated rings. The molecule has 2 amide bonds. The summed E-state index contributed by atoms with van der Waals surface area (Å²) < 4.78 is 77.8. The monoisotopic (exact) mass is 414 g/mol. The van der Waals surface area contributed by atoms with Crippen molar-refractivity contribution in [2.75, 3.05) is 10.6 Å². The number of urea groups is 1. The van der Waals surface area contributed by atoms with E-state index in [0.29, 0.717) is 5.69 Å². The molecule has 0 spiro atoms. The number of aromatic nitrogens is 2. The summed E-state index contributed by atoms with van der Waals surface area (Å²) in [7, 11) is 0. The molecule has 0 saturated carbocycles. The number of hydrogen-bond donors (Lipinski definition) is 2. The summed E-state index contributed by atoms with van der Waals surface area (Å²) >= 11 is 0. The number of anilines is 2. The van der Waals surface area contributed by atoms with Crippen LogP contribution in [0.5, 0.6) is 0 Å². The zero-order chi connectivity index (χ0) is 21.2. The lowest BCUT2D eigenvalue weighted by molar-refractivity contribution is -0.143. The van der Waals surface area contributed by atoms with Gasteiger partial charge in [-0.2, -0.15) is 31.4 Å². The summed E-state index contributed by atoms with van der Waals surface area (Å²) in [6.07, 6.45) is -10.1. The molecule has 152 valence electrons. The number of rotatable bonds is 3. The lowest BCUT2D eigenvalue weighted by Crippen LogP contribution is -2.19. The van der Waals surface area contributed by atoms with Crippen LogP contribution in [0.15, 0.2) is 60.7 Å². The average molecular weight is 414 g/mol. The van der Waals surface area contributed by atoms with Gasteiger partial charge in [0.15, 0.2) is 5.69 Å². The highest BCUT2D eigenvalue weighted by molar-refractivity contribution is 5.99. The maximum Gasteiger partial charge on any atom is 0.435 e. The Bertz CT molecular complexity index is 994. The summed E-state index contributed by atoms with van der Waals surface area (Å²) in [4.78, 5) is 11.9. The topological polar surface area (TPSA) is 59.0 Å². The molecule has 2 N–H and O–H groups in total. The molecule has 29 heavy (non-hydrogen) atoms. The van der Waals surface area contributed by atoms with Gasteiger partial charge in [-0.05, 0) is 36.4 Å². The van der Waals surface area contributed by atoms with Crippen LogP contribution in [0.1, 0.15) is 11.4 Å². The van der Waals surface area contributed by atoms with Gasteiger partial charge in [0, 0.05) is 17.4 Å². The van der Waals surface area contributed by atoms with Gasteiger partial charge in [0.25, 0.3) is 0 Å². The molecule has 3 aromatic rings. The van der Waals surface area contributed by atoms with Gasteiger partial charge in [-0.1, -0.05) is 18.2 Å². The standard InChI is InChI=1S/C18H12F6N4O/c19-17(20,21)14-10-15(18(22,23)24)28(27-14)13-8-6-12(7-9-13)26-16(29)25-11-4-2-1-3-5-11/h1-10H,(H2,25,26,29). The Hall–Kier alpha value is -3.50. The van der Waals surface area contributed by atoms with E-state index in [-0.39, 0.29) is 22.1 Å². The summed E-state index contributed by atoms with van der Waals surface area (Å²) in [6, 6.07) is 12.5. The zero-order valence-electron chi connectivity index (χ0n) is 14.3. The molecular formula is C18H12F6N4O. The van der Waals surface area contributed by atoms with E-state index in [1.807, 2.05) is 0 Å². The first-order valence-electron chi connectivity index (χ1n) is 8.02. The van der Waals surface area contributed by atoms with E-state index in [4.69, 9.17) is 0 Å². The van der Waals surface area contributed by atoms with Crippen LogP contribution in [0.3, 0.4) is 0 Å². The molecule has 0 saturated heterocycles. The number of alkyl halides is 6. The van der Waals surface area contributed by atoms with E-state index in [9.17, 15) is 31.1 Å². The normalized spacial score (nSPS) is 11.9. The first-order chi connectivity index (χ1) is 13.5. The van der Waals surface area contributed by atoms with Crippen molar-refractivity contribution in [2.45, 2.75) is 12.4 Å². The van der Waals surface area contributed by atoms with Gasteiger partial charge in [0.2, 0.25) is 0 Å². The molecule has 0 radical (unpaired) electrons. The van der Waals surface area contributed by atoms with Gasteiger partial charge >= 0.3 is 18.4 Å². The maximum absolute atomic E-state index is 13.1. The van der Waals surface area contributed by atoms with E-state index >= 15 is 0 Å². The van der Waals surface area contributed by atoms with Crippen LogP contribution >= 0.6 is 0 Å². The molecule has 11 heteroatoms. The maximum atomic E-state index is 13.1. The Morgan fingerprint density at radius 2 is 1.34 bits per heavy atom. The molecular weight excluding hydrogens is 402 g/mol. The minimum absolute atomic E-state index is 0.0561. The van der Waals surface area contributed by atoms with Gasteiger partial charge in [-0.25, -0.2) is 9.48 Å². The minimum Gasteiger partial charge on any atom is -0.308 e. The third kappa shape index (κ3) is 4.86. The van der Waals surface area contributed by atoms with Gasteiger partial charge in [-0.15, -0.1) is 0 Å². The molecule has 1 heterocycles. The third-order valence-corrected chi connectivity index (χ3v) is 3.69. The highest BCUT2D eigenvalue weighted by atomic mass is 19.4. The number of nitrogens with zero attached hydrogens (tertiary/aromatic N) is 2. The predicted molar refractivity (Wildman–Crippen MR) is 92.7 cm³/mol. The quantitative estimate of drug-likeness (QED) is 0.552. The Balaban J connectivity index is 1.81. The van der Waals surface area contributed by atoms with Gasteiger partial charge < -0.3 is 10.6 Å². The van der Waals surface area contributed by atoms with E-state index in [1.165, 1.54) is 12.1 Å². The van der Waals surface area contributed by atoms with Crippen LogP contribution in [0.25, 0.3) is 5.69 Å². The molecule has 0 aliphatic rings. The zero-order valence-corrected chi connectivity index (χ0v) is 14.3. The average Bonchev–Trinajstić information content (AvgIpc) is 3.09. The summed E-state index contributed by atoms with van der Waals surface area (Å²) in [5.74, 6) is 0. The van der Waals surface area contributed by atoms with Crippen molar-refractivity contribution in [3.05, 3.63) is 72.1 Å². The fourth-order valence-corrected chi connectivity index (χ4v) is 2.42. The van der Waals surface area contributed by atoms with Crippen LogP contribution in [0.4, 0.5) is 42.5 Å². The lowest BCUT2D eigenvalue weighted by atomic mass is 10.2. The predicted octanol–water partition coefficient (Wildman–Crippen LogP) is 5.55. The molecule has 3 rings (SSSR count). The van der Waals surface area contributed by atoms with Gasteiger partial charge in [0.1, 0.15) is 5.69 Å². The number of benzene rings is 2. The van der Waals surface area contributed by atoms with Crippen molar-refractivity contribution < 1.29 is 31.1 Å².